The molecule has 3 heterocycles. The van der Waals surface area contributed by atoms with Gasteiger partial charge in [-0.1, -0.05) is 35.9 Å². The number of hydrogen-bond donors (Lipinski definition) is 1. The number of nitrogens with zero attached hydrogens (tertiary/aromatic N) is 4. The summed E-state index contributed by atoms with van der Waals surface area (Å²) < 4.78 is 48.0. The van der Waals surface area contributed by atoms with Gasteiger partial charge in [0.2, 0.25) is 0 Å². The summed E-state index contributed by atoms with van der Waals surface area (Å²) in [5.41, 5.74) is 3.25. The highest BCUT2D eigenvalue weighted by Crippen LogP contribution is 2.35. The molecule has 1 aliphatic heterocycles. The Morgan fingerprint density at radius 1 is 1.05 bits per heavy atom. The monoisotopic (exact) mass is 536 g/mol. The van der Waals surface area contributed by atoms with Crippen molar-refractivity contribution in [1.29, 1.82) is 0 Å². The summed E-state index contributed by atoms with van der Waals surface area (Å²) >= 11 is 0. The van der Waals surface area contributed by atoms with Crippen molar-refractivity contribution in [3.05, 3.63) is 94.3 Å². The molecule has 39 heavy (non-hydrogen) atoms. The Bertz CT molecular complexity index is 1530. The number of carboxylic acid groups (broad SMARTS) is 1. The zero-order valence-corrected chi connectivity index (χ0v) is 21.5. The van der Waals surface area contributed by atoms with E-state index in [0.29, 0.717) is 34.5 Å². The summed E-state index contributed by atoms with van der Waals surface area (Å²) in [6.45, 7) is 4.25. The van der Waals surface area contributed by atoms with Crippen molar-refractivity contribution < 1.29 is 27.8 Å². The van der Waals surface area contributed by atoms with Crippen LogP contribution in [0.25, 0.3) is 17.1 Å². The van der Waals surface area contributed by atoms with Crippen molar-refractivity contribution in [1.82, 2.24) is 19.7 Å². The third kappa shape index (κ3) is 5.65. The van der Waals surface area contributed by atoms with Gasteiger partial charge in [0.05, 0.1) is 11.9 Å². The van der Waals surface area contributed by atoms with Crippen LogP contribution in [0.3, 0.4) is 0 Å². The van der Waals surface area contributed by atoms with Gasteiger partial charge >= 0.3 is 12.1 Å². The van der Waals surface area contributed by atoms with Gasteiger partial charge in [-0.3, -0.25) is 0 Å². The van der Waals surface area contributed by atoms with Gasteiger partial charge in [0.1, 0.15) is 17.9 Å². The number of benzene rings is 2. The second-order valence-electron chi connectivity index (χ2n) is 9.70. The first-order valence-corrected chi connectivity index (χ1v) is 12.5. The SMILES string of the molecule is Cc1ccc(OCc2ccc3c(c2)CCN(C)CC3)c(-c2cccc(-n3ncc(C(=O)O)c3C(F)(F)F)n2)c1. The number of pyridine rings is 1. The molecular formula is C29H27F3N4O3. The predicted molar refractivity (Wildman–Crippen MR) is 139 cm³/mol. The topological polar surface area (TPSA) is 80.5 Å². The summed E-state index contributed by atoms with van der Waals surface area (Å²) in [4.78, 5) is 18.1. The van der Waals surface area contributed by atoms with Crippen LogP contribution in [0.1, 0.15) is 38.3 Å². The smallest absolute Gasteiger partial charge is 0.434 e. The molecule has 1 aliphatic rings. The van der Waals surface area contributed by atoms with Crippen molar-refractivity contribution in [2.45, 2.75) is 32.5 Å². The number of rotatable bonds is 6. The van der Waals surface area contributed by atoms with Gasteiger partial charge in [0.25, 0.3) is 0 Å². The average Bonchev–Trinajstić information content (AvgIpc) is 3.29. The van der Waals surface area contributed by atoms with Crippen LogP contribution in [-0.2, 0) is 25.6 Å². The molecule has 0 spiro atoms. The number of fused-ring (bicyclic) bond motifs is 1. The van der Waals surface area contributed by atoms with Crippen LogP contribution in [0.5, 0.6) is 5.75 Å². The molecule has 4 aromatic rings. The number of alkyl halides is 3. The molecule has 2 aromatic carbocycles. The third-order valence-electron chi connectivity index (χ3n) is 6.82. The minimum atomic E-state index is -4.94. The third-order valence-corrected chi connectivity index (χ3v) is 6.82. The number of aryl methyl sites for hydroxylation is 1. The summed E-state index contributed by atoms with van der Waals surface area (Å²) in [6.07, 6.45) is -2.28. The first-order valence-electron chi connectivity index (χ1n) is 12.5. The Hall–Kier alpha value is -4.18. The molecular weight excluding hydrogens is 509 g/mol. The quantitative estimate of drug-likeness (QED) is 0.347. The molecule has 2 aromatic heterocycles. The number of likely N-dealkylation sites (N-methyl/N-ethyl adjacent to an activating group) is 1. The lowest BCUT2D eigenvalue weighted by Gasteiger charge is -2.15. The Morgan fingerprint density at radius 2 is 1.82 bits per heavy atom. The summed E-state index contributed by atoms with van der Waals surface area (Å²) in [7, 11) is 2.12. The summed E-state index contributed by atoms with van der Waals surface area (Å²) in [5.74, 6) is -1.35. The molecule has 0 radical (unpaired) electrons. The zero-order valence-electron chi connectivity index (χ0n) is 21.5. The summed E-state index contributed by atoms with van der Waals surface area (Å²) in [6, 6.07) is 16.5. The number of carbonyl (C=O) groups is 1. The van der Waals surface area contributed by atoms with E-state index in [4.69, 9.17) is 4.74 Å². The maximum absolute atomic E-state index is 13.8. The highest BCUT2D eigenvalue weighted by atomic mass is 19.4. The Morgan fingerprint density at radius 3 is 2.56 bits per heavy atom. The number of aromatic carboxylic acids is 1. The molecule has 0 amide bonds. The number of carboxylic acids is 1. The fraction of sp³-hybridized carbons (Fsp3) is 0.276. The van der Waals surface area contributed by atoms with Gasteiger partial charge in [-0.15, -0.1) is 0 Å². The second-order valence-corrected chi connectivity index (χ2v) is 9.70. The number of aromatic nitrogens is 3. The number of hydrogen-bond acceptors (Lipinski definition) is 5. The molecule has 1 N–H and O–H groups in total. The van der Waals surface area contributed by atoms with E-state index in [2.05, 4.69) is 40.2 Å². The lowest BCUT2D eigenvalue weighted by Crippen LogP contribution is -2.20. The van der Waals surface area contributed by atoms with Crippen LogP contribution in [-0.4, -0.2) is 50.9 Å². The minimum Gasteiger partial charge on any atom is -0.488 e. The number of halogens is 3. The maximum atomic E-state index is 13.8. The Labute approximate surface area is 223 Å². The van der Waals surface area contributed by atoms with Crippen LogP contribution >= 0.6 is 0 Å². The van der Waals surface area contributed by atoms with Gasteiger partial charge in [-0.25, -0.2) is 14.5 Å². The fourth-order valence-electron chi connectivity index (χ4n) is 4.75. The van der Waals surface area contributed by atoms with Crippen molar-refractivity contribution in [2.75, 3.05) is 20.1 Å². The van der Waals surface area contributed by atoms with Gasteiger partial charge < -0.3 is 14.7 Å². The van der Waals surface area contributed by atoms with Crippen LogP contribution in [0.2, 0.25) is 0 Å². The van der Waals surface area contributed by atoms with Crippen molar-refractivity contribution in [3.63, 3.8) is 0 Å². The molecule has 7 nitrogen and oxygen atoms in total. The molecule has 0 fully saturated rings. The Balaban J connectivity index is 1.46. The standard InChI is InChI=1S/C29H27F3N4O3/c1-18-6-9-25(39-17-19-7-8-20-10-12-35(2)13-11-21(20)15-19)22(14-18)24-4-3-5-26(34-24)36-27(29(30,31)32)23(16-33-36)28(37)38/h3-9,14-16H,10-13,17H2,1-2H3,(H,37,38). The normalized spacial score (nSPS) is 14.1. The molecule has 0 bridgehead atoms. The van der Waals surface area contributed by atoms with E-state index in [-0.39, 0.29) is 5.82 Å². The van der Waals surface area contributed by atoms with E-state index in [1.165, 1.54) is 17.2 Å². The molecule has 0 atom stereocenters. The average molecular weight is 537 g/mol. The predicted octanol–water partition coefficient (Wildman–Crippen LogP) is 5.57. The fourth-order valence-corrected chi connectivity index (χ4v) is 4.75. The first kappa shape index (κ1) is 26.4. The van der Waals surface area contributed by atoms with Gasteiger partial charge in [0.15, 0.2) is 11.5 Å². The van der Waals surface area contributed by atoms with Crippen LogP contribution in [0.4, 0.5) is 13.2 Å². The molecule has 0 unspecified atom stereocenters. The zero-order chi connectivity index (χ0) is 27.7. The van der Waals surface area contributed by atoms with E-state index in [0.717, 1.165) is 37.1 Å². The van der Waals surface area contributed by atoms with Crippen LogP contribution in [0.15, 0.2) is 60.8 Å². The molecule has 0 saturated heterocycles. The van der Waals surface area contributed by atoms with E-state index < -0.39 is 23.4 Å². The summed E-state index contributed by atoms with van der Waals surface area (Å²) in [5, 5.41) is 12.9. The maximum Gasteiger partial charge on any atom is 0.434 e. The highest BCUT2D eigenvalue weighted by molar-refractivity contribution is 5.89. The molecule has 5 rings (SSSR count). The lowest BCUT2D eigenvalue weighted by molar-refractivity contribution is -0.143. The molecule has 0 saturated carbocycles. The van der Waals surface area contributed by atoms with Gasteiger partial charge in [0, 0.05) is 18.7 Å². The second kappa shape index (κ2) is 10.5. The number of ether oxygens (including phenoxy) is 1. The largest absolute Gasteiger partial charge is 0.488 e. The van der Waals surface area contributed by atoms with Gasteiger partial charge in [-0.05, 0) is 67.8 Å². The first-order chi connectivity index (χ1) is 18.6. The molecule has 202 valence electrons. The van der Waals surface area contributed by atoms with E-state index in [9.17, 15) is 23.1 Å². The van der Waals surface area contributed by atoms with Crippen molar-refractivity contribution >= 4 is 5.97 Å². The van der Waals surface area contributed by atoms with Crippen LogP contribution in [0, 0.1) is 6.92 Å². The van der Waals surface area contributed by atoms with Crippen molar-refractivity contribution in [2.24, 2.45) is 0 Å². The Kier molecular flexibility index (Phi) is 7.14. The highest BCUT2D eigenvalue weighted by Gasteiger charge is 2.41. The molecule has 10 heteroatoms. The van der Waals surface area contributed by atoms with Crippen LogP contribution < -0.4 is 4.74 Å². The minimum absolute atomic E-state index is 0.157. The van der Waals surface area contributed by atoms with E-state index >= 15 is 0 Å². The lowest BCUT2D eigenvalue weighted by atomic mass is 10.0. The van der Waals surface area contributed by atoms with Crippen molar-refractivity contribution in [3.8, 4) is 22.8 Å². The van der Waals surface area contributed by atoms with Gasteiger partial charge in [-0.2, -0.15) is 18.3 Å². The molecule has 0 aliphatic carbocycles. The van der Waals surface area contributed by atoms with E-state index in [1.54, 1.807) is 12.1 Å². The van der Waals surface area contributed by atoms with E-state index in [1.807, 2.05) is 25.1 Å².